The van der Waals surface area contributed by atoms with Crippen molar-refractivity contribution in [2.75, 3.05) is 20.8 Å². The van der Waals surface area contributed by atoms with Crippen molar-refractivity contribution in [1.29, 1.82) is 0 Å². The number of rotatable bonds is 10. The van der Waals surface area contributed by atoms with Crippen molar-refractivity contribution in [3.63, 3.8) is 0 Å². The third-order valence-electron chi connectivity index (χ3n) is 7.83. The SMILES string of the molecule is COc1nc(-c2cccc(-c3ccnc(-c4cc5c(OC)nc(CO)nn5c4)c3Cl)c2Cl)ccc1CN(CC1CCC(=O)N1)C(=O)O. The number of hydrogen-bond donors (Lipinski definition) is 3. The highest BCUT2D eigenvalue weighted by molar-refractivity contribution is 6.39. The number of hydrogen-bond acceptors (Lipinski definition) is 9. The molecular formula is C32H29Cl2N7O6. The fourth-order valence-electron chi connectivity index (χ4n) is 5.57. The predicted molar refractivity (Wildman–Crippen MR) is 174 cm³/mol. The fraction of sp³-hybridized carbons (Fsp3) is 0.250. The van der Waals surface area contributed by atoms with Gasteiger partial charge in [-0.05, 0) is 30.7 Å². The number of aliphatic hydroxyl groups excluding tert-OH is 1. The fourth-order valence-corrected chi connectivity index (χ4v) is 6.21. The van der Waals surface area contributed by atoms with E-state index < -0.39 is 6.09 Å². The maximum Gasteiger partial charge on any atom is 0.407 e. The van der Waals surface area contributed by atoms with Crippen LogP contribution in [0.3, 0.4) is 0 Å². The molecule has 5 aromatic rings. The summed E-state index contributed by atoms with van der Waals surface area (Å²) in [6.45, 7) is -0.178. The van der Waals surface area contributed by atoms with Crippen molar-refractivity contribution < 1.29 is 29.3 Å². The number of benzene rings is 1. The van der Waals surface area contributed by atoms with Gasteiger partial charge >= 0.3 is 6.09 Å². The van der Waals surface area contributed by atoms with Crippen molar-refractivity contribution in [2.24, 2.45) is 0 Å². The number of ether oxygens (including phenoxy) is 2. The maximum absolute atomic E-state index is 12.0. The predicted octanol–water partition coefficient (Wildman–Crippen LogP) is 5.10. The number of pyridine rings is 2. The van der Waals surface area contributed by atoms with Crippen LogP contribution in [-0.4, -0.2) is 78.5 Å². The van der Waals surface area contributed by atoms with Gasteiger partial charge in [0.2, 0.25) is 17.7 Å². The van der Waals surface area contributed by atoms with E-state index in [4.69, 9.17) is 32.7 Å². The van der Waals surface area contributed by atoms with E-state index in [9.17, 15) is 19.8 Å². The Morgan fingerprint density at radius 3 is 2.53 bits per heavy atom. The molecule has 1 aliphatic rings. The number of aromatic nitrogens is 5. The molecule has 1 saturated heterocycles. The molecule has 0 aliphatic carbocycles. The largest absolute Gasteiger partial charge is 0.481 e. The zero-order valence-electron chi connectivity index (χ0n) is 25.3. The van der Waals surface area contributed by atoms with Crippen LogP contribution < -0.4 is 14.8 Å². The van der Waals surface area contributed by atoms with Crippen LogP contribution in [0.25, 0.3) is 39.2 Å². The second kappa shape index (κ2) is 13.4. The monoisotopic (exact) mass is 677 g/mol. The molecule has 1 unspecified atom stereocenters. The molecule has 0 radical (unpaired) electrons. The molecule has 13 nitrogen and oxygen atoms in total. The van der Waals surface area contributed by atoms with Gasteiger partial charge in [0.05, 0.1) is 42.2 Å². The number of methoxy groups -OCH3 is 2. The first-order valence-corrected chi connectivity index (χ1v) is 15.3. The molecule has 3 N–H and O–H groups in total. The van der Waals surface area contributed by atoms with Gasteiger partial charge in [0.25, 0.3) is 0 Å². The highest BCUT2D eigenvalue weighted by atomic mass is 35.5. The lowest BCUT2D eigenvalue weighted by Crippen LogP contribution is -2.41. The van der Waals surface area contributed by atoms with E-state index in [1.165, 1.54) is 19.1 Å². The summed E-state index contributed by atoms with van der Waals surface area (Å²) < 4.78 is 12.5. The van der Waals surface area contributed by atoms with E-state index in [1.807, 2.05) is 18.2 Å². The lowest BCUT2D eigenvalue weighted by atomic mass is 10.00. The van der Waals surface area contributed by atoms with Crippen LogP contribution in [-0.2, 0) is 17.9 Å². The minimum absolute atomic E-state index is 0.0229. The van der Waals surface area contributed by atoms with Crippen LogP contribution in [0.1, 0.15) is 24.2 Å². The second-order valence-electron chi connectivity index (χ2n) is 10.8. The van der Waals surface area contributed by atoms with E-state index in [0.717, 1.165) is 0 Å². The zero-order chi connectivity index (χ0) is 33.2. The number of fused-ring (bicyclic) bond motifs is 1. The lowest BCUT2D eigenvalue weighted by Gasteiger charge is -2.23. The first-order valence-electron chi connectivity index (χ1n) is 14.5. The van der Waals surface area contributed by atoms with E-state index in [-0.39, 0.29) is 43.3 Å². The maximum atomic E-state index is 12.0. The number of carbonyl (C=O) groups excluding carboxylic acids is 1. The van der Waals surface area contributed by atoms with Gasteiger partial charge in [-0.2, -0.15) is 4.98 Å². The Hall–Kier alpha value is -4.98. The summed E-state index contributed by atoms with van der Waals surface area (Å²) in [6, 6.07) is 12.3. The number of carbonyl (C=O) groups is 2. The molecule has 0 bridgehead atoms. The molecule has 2 amide bonds. The van der Waals surface area contributed by atoms with Gasteiger partial charge in [0, 0.05) is 59.2 Å². The molecule has 0 saturated carbocycles. The Kier molecular flexibility index (Phi) is 9.12. The minimum atomic E-state index is -1.11. The summed E-state index contributed by atoms with van der Waals surface area (Å²) in [7, 11) is 2.95. The minimum Gasteiger partial charge on any atom is -0.481 e. The number of nitrogens with one attached hydrogen (secondary N) is 1. The summed E-state index contributed by atoms with van der Waals surface area (Å²) in [5, 5.41) is 27.2. The van der Waals surface area contributed by atoms with Gasteiger partial charge in [-0.15, -0.1) is 5.10 Å². The van der Waals surface area contributed by atoms with Gasteiger partial charge < -0.3 is 29.9 Å². The Morgan fingerprint density at radius 2 is 1.83 bits per heavy atom. The van der Waals surface area contributed by atoms with Crippen LogP contribution >= 0.6 is 23.2 Å². The topological polar surface area (TPSA) is 164 Å². The van der Waals surface area contributed by atoms with Crippen LogP contribution in [0, 0.1) is 0 Å². The number of halogens is 2. The van der Waals surface area contributed by atoms with Crippen molar-refractivity contribution in [3.8, 4) is 45.4 Å². The first-order chi connectivity index (χ1) is 22.7. The summed E-state index contributed by atoms with van der Waals surface area (Å²) in [5.74, 6) is 0.659. The van der Waals surface area contributed by atoms with E-state index >= 15 is 0 Å². The smallest absolute Gasteiger partial charge is 0.407 e. The molecule has 15 heteroatoms. The van der Waals surface area contributed by atoms with Crippen molar-refractivity contribution in [2.45, 2.75) is 32.0 Å². The number of carboxylic acid groups (broad SMARTS) is 1. The molecular weight excluding hydrogens is 649 g/mol. The molecule has 4 aromatic heterocycles. The van der Waals surface area contributed by atoms with Crippen LogP contribution in [0.2, 0.25) is 10.0 Å². The summed E-state index contributed by atoms with van der Waals surface area (Å²) in [5.41, 5.74) is 4.66. The summed E-state index contributed by atoms with van der Waals surface area (Å²) in [6.07, 6.45) is 3.19. The highest BCUT2D eigenvalue weighted by Crippen LogP contribution is 2.42. The molecule has 1 fully saturated rings. The Balaban J connectivity index is 1.32. The summed E-state index contributed by atoms with van der Waals surface area (Å²) in [4.78, 5) is 38.3. The Labute approximate surface area is 278 Å². The number of amides is 2. The highest BCUT2D eigenvalue weighted by Gasteiger charge is 2.26. The Morgan fingerprint density at radius 1 is 1.06 bits per heavy atom. The van der Waals surface area contributed by atoms with E-state index in [2.05, 4.69) is 25.4 Å². The van der Waals surface area contributed by atoms with Crippen molar-refractivity contribution in [3.05, 3.63) is 76.3 Å². The number of nitrogens with zero attached hydrogens (tertiary/aromatic N) is 6. The molecule has 1 aliphatic heterocycles. The molecule has 242 valence electrons. The molecule has 0 spiro atoms. The normalized spacial score (nSPS) is 14.3. The van der Waals surface area contributed by atoms with Gasteiger partial charge in [-0.1, -0.05) is 41.4 Å². The van der Waals surface area contributed by atoms with Crippen LogP contribution in [0.15, 0.2) is 54.9 Å². The summed E-state index contributed by atoms with van der Waals surface area (Å²) >= 11 is 14.0. The zero-order valence-corrected chi connectivity index (χ0v) is 26.8. The van der Waals surface area contributed by atoms with E-state index in [1.54, 1.807) is 41.2 Å². The average Bonchev–Trinajstić information content (AvgIpc) is 3.70. The molecule has 1 atom stereocenters. The van der Waals surface area contributed by atoms with Gasteiger partial charge in [0.1, 0.15) is 12.1 Å². The molecule has 47 heavy (non-hydrogen) atoms. The Bertz CT molecular complexity index is 2000. The molecule has 6 rings (SSSR count). The van der Waals surface area contributed by atoms with Crippen LogP contribution in [0.5, 0.6) is 11.8 Å². The standard InChI is InChI=1S/C32H29Cl2N7O6/c1-46-30-17(13-40(32(44)45)15-19-7-9-26(43)36-19)6-8-23(37-30)22-5-3-4-20(27(22)33)21-10-11-35-29(28(21)34)18-12-24-31(47-2)38-25(16-42)39-41(24)14-18/h3-6,8,10-12,14,19,42H,7,9,13,15-16H2,1-2H3,(H,36,43)(H,44,45). The van der Waals surface area contributed by atoms with Gasteiger partial charge in [-0.3, -0.25) is 9.78 Å². The van der Waals surface area contributed by atoms with Crippen molar-refractivity contribution >= 4 is 40.7 Å². The molecule has 1 aromatic carbocycles. The second-order valence-corrected chi connectivity index (χ2v) is 11.5. The van der Waals surface area contributed by atoms with Gasteiger partial charge in [-0.25, -0.2) is 14.3 Å². The van der Waals surface area contributed by atoms with Crippen molar-refractivity contribution in [1.82, 2.24) is 34.8 Å². The van der Waals surface area contributed by atoms with Crippen LogP contribution in [0.4, 0.5) is 4.79 Å². The van der Waals surface area contributed by atoms with Gasteiger partial charge in [0.15, 0.2) is 5.82 Å². The first kappa shape index (κ1) is 32.0. The molecule has 5 heterocycles. The third-order valence-corrected chi connectivity index (χ3v) is 8.62. The number of aliphatic hydroxyl groups is 1. The quantitative estimate of drug-likeness (QED) is 0.181. The lowest BCUT2D eigenvalue weighted by molar-refractivity contribution is -0.119. The average molecular weight is 679 g/mol. The van der Waals surface area contributed by atoms with E-state index in [0.29, 0.717) is 73.5 Å². The third kappa shape index (κ3) is 6.37.